The number of hydrogen-bond donors (Lipinski definition) is 0. The third kappa shape index (κ3) is 4.85. The molecule has 0 spiro atoms. The van der Waals surface area contributed by atoms with Crippen molar-refractivity contribution < 1.29 is 0 Å². The van der Waals surface area contributed by atoms with E-state index in [1.54, 1.807) is 0 Å². The average molecular weight is 695 g/mol. The Morgan fingerprint density at radius 1 is 0.415 bits per heavy atom. The minimum absolute atomic E-state index is 0.666. The number of anilines is 3. The fourth-order valence-corrected chi connectivity index (χ4v) is 8.98. The summed E-state index contributed by atoms with van der Waals surface area (Å²) in [5, 5.41) is 5.86. The highest BCUT2D eigenvalue weighted by Gasteiger charge is 2.26. The molecule has 0 unspecified atom stereocenters. The monoisotopic (exact) mass is 694 g/mol. The highest BCUT2D eigenvalue weighted by atomic mass is 32.2. The molecule has 0 bridgehead atoms. The summed E-state index contributed by atoms with van der Waals surface area (Å²) in [5.74, 6) is 0.666. The topological polar surface area (TPSA) is 34.0 Å². The molecule has 1 aliphatic heterocycles. The van der Waals surface area contributed by atoms with Crippen LogP contribution in [0.15, 0.2) is 192 Å². The summed E-state index contributed by atoms with van der Waals surface area (Å²) in [4.78, 5) is 15.3. The van der Waals surface area contributed by atoms with Gasteiger partial charge in [0.05, 0.1) is 33.6 Å². The maximum absolute atomic E-state index is 5.25. The lowest BCUT2D eigenvalue weighted by Gasteiger charge is -2.33. The van der Waals surface area contributed by atoms with Gasteiger partial charge in [-0.1, -0.05) is 133 Å². The Labute approximate surface area is 310 Å². The Morgan fingerprint density at radius 3 is 2.04 bits per heavy atom. The standard InChI is InChI=1S/C48H30N4S/c1-2-13-32(14-3-1)47-38-17-6-8-18-40(38)49-48(50-47)52-41-19-9-7-16-37(41)39-29-34(23-26-42(39)52)35-24-27-44-46(30-35)53-45-21-11-10-20-43(45)51(44)36-25-22-31-12-4-5-15-33(31)28-36/h1-30H. The van der Waals surface area contributed by atoms with Gasteiger partial charge in [0, 0.05) is 37.2 Å². The van der Waals surface area contributed by atoms with Crippen molar-refractivity contribution in [1.29, 1.82) is 0 Å². The quantitative estimate of drug-likeness (QED) is 0.184. The van der Waals surface area contributed by atoms with Crippen LogP contribution in [0.3, 0.4) is 0 Å². The molecule has 0 aliphatic carbocycles. The van der Waals surface area contributed by atoms with Crippen LogP contribution in [0.5, 0.6) is 0 Å². The van der Waals surface area contributed by atoms with E-state index in [1.165, 1.54) is 53.8 Å². The van der Waals surface area contributed by atoms with Gasteiger partial charge in [0.2, 0.25) is 5.95 Å². The zero-order valence-corrected chi connectivity index (χ0v) is 29.3. The first kappa shape index (κ1) is 30.0. The predicted octanol–water partition coefficient (Wildman–Crippen LogP) is 13.1. The van der Waals surface area contributed by atoms with Crippen LogP contribution in [-0.4, -0.2) is 14.5 Å². The molecule has 2 aromatic heterocycles. The lowest BCUT2D eigenvalue weighted by molar-refractivity contribution is 1.01. The normalized spacial score (nSPS) is 12.4. The van der Waals surface area contributed by atoms with Gasteiger partial charge in [0.15, 0.2) is 0 Å². The second kappa shape index (κ2) is 11.9. The summed E-state index contributed by atoms with van der Waals surface area (Å²) in [6, 6.07) is 65.0. The molecular formula is C48H30N4S. The van der Waals surface area contributed by atoms with E-state index >= 15 is 0 Å². The number of hydrogen-bond acceptors (Lipinski definition) is 4. The molecule has 0 amide bonds. The molecule has 248 valence electrons. The number of fused-ring (bicyclic) bond motifs is 7. The molecule has 1 aliphatic rings. The highest BCUT2D eigenvalue weighted by molar-refractivity contribution is 7.99. The average Bonchev–Trinajstić information content (AvgIpc) is 3.56. The second-order valence-corrected chi connectivity index (χ2v) is 14.5. The third-order valence-electron chi connectivity index (χ3n) is 10.4. The van der Waals surface area contributed by atoms with Gasteiger partial charge in [0.1, 0.15) is 0 Å². The fourth-order valence-electron chi connectivity index (χ4n) is 7.88. The Morgan fingerprint density at radius 2 is 1.11 bits per heavy atom. The van der Waals surface area contributed by atoms with Gasteiger partial charge >= 0.3 is 0 Å². The van der Waals surface area contributed by atoms with E-state index in [2.05, 4.69) is 179 Å². The van der Waals surface area contributed by atoms with Gasteiger partial charge in [-0.05, 0) is 82.6 Å². The number of benzene rings is 8. The first-order valence-corrected chi connectivity index (χ1v) is 18.6. The van der Waals surface area contributed by atoms with E-state index < -0.39 is 0 Å². The van der Waals surface area contributed by atoms with Crippen molar-refractivity contribution >= 4 is 72.3 Å². The summed E-state index contributed by atoms with van der Waals surface area (Å²) in [7, 11) is 0. The van der Waals surface area contributed by atoms with Crippen LogP contribution in [-0.2, 0) is 0 Å². The van der Waals surface area contributed by atoms with Crippen molar-refractivity contribution in [3.8, 4) is 28.3 Å². The van der Waals surface area contributed by atoms with E-state index in [0.29, 0.717) is 5.95 Å². The van der Waals surface area contributed by atoms with Gasteiger partial charge in [-0.2, -0.15) is 0 Å². The Kier molecular flexibility index (Phi) is 6.76. The summed E-state index contributed by atoms with van der Waals surface area (Å²) < 4.78 is 2.22. The molecule has 3 heterocycles. The van der Waals surface area contributed by atoms with Crippen molar-refractivity contribution in [2.45, 2.75) is 9.79 Å². The van der Waals surface area contributed by atoms with Gasteiger partial charge in [-0.25, -0.2) is 9.97 Å². The molecular weight excluding hydrogens is 665 g/mol. The minimum Gasteiger partial charge on any atom is -0.308 e. The highest BCUT2D eigenvalue weighted by Crippen LogP contribution is 2.52. The van der Waals surface area contributed by atoms with Crippen LogP contribution in [0.25, 0.3) is 71.8 Å². The van der Waals surface area contributed by atoms with E-state index in [4.69, 9.17) is 9.97 Å². The SMILES string of the molecule is c1ccc(-c2nc(-n3c4ccccc4c4cc(-c5ccc6c(c5)Sc5ccccc5N6c5ccc6ccccc6c5)ccc43)nc3ccccc23)cc1. The molecule has 5 heteroatoms. The number of nitrogens with zero attached hydrogens (tertiary/aromatic N) is 4. The van der Waals surface area contributed by atoms with Crippen LogP contribution in [0.1, 0.15) is 0 Å². The molecule has 0 saturated heterocycles. The first-order valence-electron chi connectivity index (χ1n) is 17.8. The van der Waals surface area contributed by atoms with E-state index in [-0.39, 0.29) is 0 Å². The Balaban J connectivity index is 1.06. The maximum Gasteiger partial charge on any atom is 0.235 e. The molecule has 0 fully saturated rings. The summed E-state index contributed by atoms with van der Waals surface area (Å²) in [6.07, 6.45) is 0. The van der Waals surface area contributed by atoms with Gasteiger partial charge in [-0.15, -0.1) is 0 Å². The fraction of sp³-hybridized carbons (Fsp3) is 0. The van der Waals surface area contributed by atoms with Crippen LogP contribution in [0, 0.1) is 0 Å². The lowest BCUT2D eigenvalue weighted by atomic mass is 10.0. The van der Waals surface area contributed by atoms with Crippen molar-refractivity contribution in [3.05, 3.63) is 182 Å². The Hall–Kier alpha value is -6.69. The minimum atomic E-state index is 0.666. The summed E-state index contributed by atoms with van der Waals surface area (Å²) in [5.41, 5.74) is 11.0. The third-order valence-corrected chi connectivity index (χ3v) is 11.5. The van der Waals surface area contributed by atoms with E-state index in [0.717, 1.165) is 38.9 Å². The molecule has 11 rings (SSSR count). The molecule has 8 aromatic carbocycles. The second-order valence-electron chi connectivity index (χ2n) is 13.5. The molecule has 0 N–H and O–H groups in total. The number of aromatic nitrogens is 3. The van der Waals surface area contributed by atoms with E-state index in [1.807, 2.05) is 23.9 Å². The zero-order valence-electron chi connectivity index (χ0n) is 28.5. The number of para-hydroxylation sites is 3. The van der Waals surface area contributed by atoms with Gasteiger partial charge in [-0.3, -0.25) is 4.57 Å². The van der Waals surface area contributed by atoms with Crippen LogP contribution >= 0.6 is 11.8 Å². The van der Waals surface area contributed by atoms with Crippen LogP contribution < -0.4 is 4.90 Å². The van der Waals surface area contributed by atoms with Crippen molar-refractivity contribution in [3.63, 3.8) is 0 Å². The molecule has 0 atom stereocenters. The van der Waals surface area contributed by atoms with Crippen molar-refractivity contribution in [2.24, 2.45) is 0 Å². The smallest absolute Gasteiger partial charge is 0.235 e. The predicted molar refractivity (Wildman–Crippen MR) is 221 cm³/mol. The lowest BCUT2D eigenvalue weighted by Crippen LogP contribution is -2.14. The maximum atomic E-state index is 5.25. The molecule has 4 nitrogen and oxygen atoms in total. The van der Waals surface area contributed by atoms with Gasteiger partial charge in [0.25, 0.3) is 0 Å². The first-order chi connectivity index (χ1) is 26.3. The summed E-state index contributed by atoms with van der Waals surface area (Å²) in [6.45, 7) is 0. The molecule has 0 radical (unpaired) electrons. The van der Waals surface area contributed by atoms with E-state index in [9.17, 15) is 0 Å². The Bertz CT molecular complexity index is 3060. The number of rotatable bonds is 4. The zero-order chi connectivity index (χ0) is 34.9. The largest absolute Gasteiger partial charge is 0.308 e. The molecule has 10 aromatic rings. The van der Waals surface area contributed by atoms with Crippen LogP contribution in [0.2, 0.25) is 0 Å². The molecule has 53 heavy (non-hydrogen) atoms. The summed E-state index contributed by atoms with van der Waals surface area (Å²) >= 11 is 1.84. The van der Waals surface area contributed by atoms with Gasteiger partial charge < -0.3 is 4.90 Å². The molecule has 0 saturated carbocycles. The van der Waals surface area contributed by atoms with Crippen molar-refractivity contribution in [2.75, 3.05) is 4.90 Å². The van der Waals surface area contributed by atoms with Crippen LogP contribution in [0.4, 0.5) is 17.1 Å². The van der Waals surface area contributed by atoms with Crippen molar-refractivity contribution in [1.82, 2.24) is 14.5 Å².